The highest BCUT2D eigenvalue weighted by Crippen LogP contribution is 2.29. The topological polar surface area (TPSA) is 86.8 Å². The number of nitrogens with zero attached hydrogens (tertiary/aromatic N) is 2. The largest absolute Gasteiger partial charge is 0.354 e. The Morgan fingerprint density at radius 1 is 0.925 bits per heavy atom. The van der Waals surface area contributed by atoms with Crippen LogP contribution in [0.15, 0.2) is 71.6 Å². The highest BCUT2D eigenvalue weighted by atomic mass is 35.5. The van der Waals surface area contributed by atoms with Gasteiger partial charge in [0.05, 0.1) is 10.6 Å². The third-order valence-corrected chi connectivity index (χ3v) is 8.73. The lowest BCUT2D eigenvalue weighted by molar-refractivity contribution is -0.139. The maximum Gasteiger partial charge on any atom is 0.264 e. The molecule has 7 nitrogen and oxygen atoms in total. The van der Waals surface area contributed by atoms with Crippen molar-refractivity contribution < 1.29 is 22.4 Å². The molecular weight excluding hydrogens is 576 g/mol. The van der Waals surface area contributed by atoms with Gasteiger partial charge in [-0.15, -0.1) is 0 Å². The van der Waals surface area contributed by atoms with Crippen LogP contribution in [-0.4, -0.2) is 44.3 Å². The molecule has 0 spiro atoms. The summed E-state index contributed by atoms with van der Waals surface area (Å²) in [7, 11) is -4.39. The smallest absolute Gasteiger partial charge is 0.264 e. The molecule has 0 saturated carbocycles. The maximum atomic E-state index is 15.0. The van der Waals surface area contributed by atoms with Gasteiger partial charge >= 0.3 is 0 Å². The predicted molar refractivity (Wildman–Crippen MR) is 156 cm³/mol. The molecule has 0 aliphatic rings. The minimum absolute atomic E-state index is 0.113. The van der Waals surface area contributed by atoms with E-state index >= 15 is 0 Å². The van der Waals surface area contributed by atoms with Crippen LogP contribution in [0.5, 0.6) is 0 Å². The van der Waals surface area contributed by atoms with Gasteiger partial charge in [-0.25, -0.2) is 12.8 Å². The van der Waals surface area contributed by atoms with Crippen LogP contribution in [0.2, 0.25) is 10.0 Å². The molecular formula is C29H32Cl2FN3O4S. The van der Waals surface area contributed by atoms with Gasteiger partial charge in [-0.2, -0.15) is 0 Å². The second-order valence-electron chi connectivity index (χ2n) is 9.81. The number of amides is 2. The Morgan fingerprint density at radius 3 is 2.10 bits per heavy atom. The van der Waals surface area contributed by atoms with Crippen molar-refractivity contribution >= 4 is 50.7 Å². The lowest BCUT2D eigenvalue weighted by Crippen LogP contribution is -2.51. The van der Waals surface area contributed by atoms with E-state index in [0.717, 1.165) is 15.9 Å². The second kappa shape index (κ2) is 13.5. The summed E-state index contributed by atoms with van der Waals surface area (Å²) < 4.78 is 43.2. The average molecular weight is 609 g/mol. The molecule has 1 unspecified atom stereocenters. The van der Waals surface area contributed by atoms with Crippen molar-refractivity contribution in [2.75, 3.05) is 17.4 Å². The maximum absolute atomic E-state index is 15.0. The van der Waals surface area contributed by atoms with Crippen molar-refractivity contribution in [3.63, 3.8) is 0 Å². The zero-order valence-corrected chi connectivity index (χ0v) is 25.0. The number of sulfonamides is 1. The SMILES string of the molecule is Cc1ccc(S(=O)(=O)N(CC(=O)N(Cc2c(Cl)cccc2Cl)C(C)C(=O)NCC(C)C)c2ccccc2F)cc1. The van der Waals surface area contributed by atoms with Crippen molar-refractivity contribution in [1.29, 1.82) is 0 Å². The highest BCUT2D eigenvalue weighted by molar-refractivity contribution is 7.92. The second-order valence-corrected chi connectivity index (χ2v) is 12.5. The van der Waals surface area contributed by atoms with Gasteiger partial charge in [0.2, 0.25) is 11.8 Å². The Hall–Kier alpha value is -3.14. The van der Waals surface area contributed by atoms with Crippen molar-refractivity contribution in [3.8, 4) is 0 Å². The number of aryl methyl sites for hydroxylation is 1. The number of anilines is 1. The van der Waals surface area contributed by atoms with Gasteiger partial charge in [-0.05, 0) is 56.2 Å². The summed E-state index contributed by atoms with van der Waals surface area (Å²) in [6, 6.07) is 15.1. The van der Waals surface area contributed by atoms with Crippen LogP contribution < -0.4 is 9.62 Å². The van der Waals surface area contributed by atoms with Crippen molar-refractivity contribution in [2.24, 2.45) is 5.92 Å². The van der Waals surface area contributed by atoms with Crippen LogP contribution in [0.3, 0.4) is 0 Å². The summed E-state index contributed by atoms with van der Waals surface area (Å²) in [6.45, 7) is 6.61. The molecule has 0 heterocycles. The standard InChI is InChI=1S/C29H32Cl2FN3O4S/c1-19(2)16-33-29(37)21(4)34(17-23-24(30)8-7-9-25(23)31)28(36)18-35(27-11-6-5-10-26(27)32)40(38,39)22-14-12-20(3)13-15-22/h5-15,19,21H,16-18H2,1-4H3,(H,33,37). The van der Waals surface area contributed by atoms with E-state index in [-0.39, 0.29) is 33.1 Å². The van der Waals surface area contributed by atoms with Crippen molar-refractivity contribution in [1.82, 2.24) is 10.2 Å². The van der Waals surface area contributed by atoms with Gasteiger partial charge < -0.3 is 10.2 Å². The molecule has 214 valence electrons. The van der Waals surface area contributed by atoms with Crippen molar-refractivity contribution in [2.45, 2.75) is 45.2 Å². The number of para-hydroxylation sites is 1. The van der Waals surface area contributed by atoms with E-state index in [0.29, 0.717) is 12.1 Å². The van der Waals surface area contributed by atoms with Crippen molar-refractivity contribution in [3.05, 3.63) is 93.7 Å². The Bertz CT molecular complexity index is 1450. The van der Waals surface area contributed by atoms with Crippen LogP contribution in [0.1, 0.15) is 31.9 Å². The first kappa shape index (κ1) is 31.4. The number of benzene rings is 3. The number of carbonyl (C=O) groups excluding carboxylic acids is 2. The number of nitrogens with one attached hydrogen (secondary N) is 1. The number of hydrogen-bond donors (Lipinski definition) is 1. The molecule has 0 saturated heterocycles. The monoisotopic (exact) mass is 607 g/mol. The molecule has 11 heteroatoms. The highest BCUT2D eigenvalue weighted by Gasteiger charge is 2.34. The van der Waals surface area contributed by atoms with E-state index in [9.17, 15) is 22.4 Å². The zero-order valence-electron chi connectivity index (χ0n) is 22.7. The van der Waals surface area contributed by atoms with Gasteiger partial charge in [0.25, 0.3) is 10.0 Å². The first-order chi connectivity index (χ1) is 18.8. The fraction of sp³-hybridized carbons (Fsp3) is 0.310. The van der Waals surface area contributed by atoms with Crippen LogP contribution in [-0.2, 0) is 26.2 Å². The number of carbonyl (C=O) groups is 2. The number of hydrogen-bond acceptors (Lipinski definition) is 4. The molecule has 0 fully saturated rings. The van der Waals surface area contributed by atoms with E-state index in [1.165, 1.54) is 42.2 Å². The van der Waals surface area contributed by atoms with Gasteiger partial charge in [0.15, 0.2) is 0 Å². The van der Waals surface area contributed by atoms with E-state index in [1.54, 1.807) is 37.3 Å². The summed E-state index contributed by atoms with van der Waals surface area (Å²) in [4.78, 5) is 28.0. The van der Waals surface area contributed by atoms with Crippen LogP contribution in [0.4, 0.5) is 10.1 Å². The summed E-state index contributed by atoms with van der Waals surface area (Å²) in [5.41, 5.74) is 0.919. The normalized spacial score (nSPS) is 12.2. The molecule has 0 bridgehead atoms. The first-order valence-electron chi connectivity index (χ1n) is 12.7. The van der Waals surface area contributed by atoms with E-state index in [1.807, 2.05) is 13.8 Å². The molecule has 0 aromatic heterocycles. The van der Waals surface area contributed by atoms with Crippen LogP contribution >= 0.6 is 23.2 Å². The molecule has 3 rings (SSSR count). The predicted octanol–water partition coefficient (Wildman–Crippen LogP) is 5.83. The quantitative estimate of drug-likeness (QED) is 0.297. The molecule has 1 atom stereocenters. The van der Waals surface area contributed by atoms with Gasteiger partial charge in [-0.3, -0.25) is 13.9 Å². The van der Waals surface area contributed by atoms with Gasteiger partial charge in [0, 0.05) is 28.7 Å². The van der Waals surface area contributed by atoms with E-state index in [2.05, 4.69) is 5.32 Å². The lowest BCUT2D eigenvalue weighted by Gasteiger charge is -2.32. The Morgan fingerprint density at radius 2 is 1.52 bits per heavy atom. The van der Waals surface area contributed by atoms with E-state index in [4.69, 9.17) is 23.2 Å². The molecule has 0 radical (unpaired) electrons. The Balaban J connectivity index is 2.06. The Kier molecular flexibility index (Phi) is 10.6. The number of rotatable bonds is 11. The molecule has 1 N–H and O–H groups in total. The summed E-state index contributed by atoms with van der Waals surface area (Å²) in [5.74, 6) is -1.85. The fourth-order valence-corrected chi connectivity index (χ4v) is 5.83. The van der Waals surface area contributed by atoms with Gasteiger partial charge in [-0.1, -0.05) is 72.9 Å². The fourth-order valence-electron chi connectivity index (χ4n) is 3.89. The molecule has 0 aliphatic heterocycles. The average Bonchev–Trinajstić information content (AvgIpc) is 2.90. The third-order valence-electron chi connectivity index (χ3n) is 6.25. The molecule has 40 heavy (non-hydrogen) atoms. The molecule has 2 amide bonds. The minimum atomic E-state index is -4.39. The lowest BCUT2D eigenvalue weighted by atomic mass is 10.1. The number of halogens is 3. The first-order valence-corrected chi connectivity index (χ1v) is 14.9. The molecule has 3 aromatic carbocycles. The van der Waals surface area contributed by atoms with Crippen LogP contribution in [0.25, 0.3) is 0 Å². The summed E-state index contributed by atoms with van der Waals surface area (Å²) in [5, 5.41) is 3.35. The minimum Gasteiger partial charge on any atom is -0.354 e. The zero-order chi connectivity index (χ0) is 29.6. The molecule has 0 aliphatic carbocycles. The summed E-state index contributed by atoms with van der Waals surface area (Å²) >= 11 is 12.7. The van der Waals surface area contributed by atoms with E-state index < -0.39 is 40.2 Å². The van der Waals surface area contributed by atoms with Gasteiger partial charge in [0.1, 0.15) is 18.4 Å². The third kappa shape index (κ3) is 7.53. The Labute approximate surface area is 244 Å². The summed E-state index contributed by atoms with van der Waals surface area (Å²) in [6.07, 6.45) is 0. The molecule has 3 aromatic rings. The van der Waals surface area contributed by atoms with Crippen LogP contribution in [0, 0.1) is 18.7 Å².